The lowest BCUT2D eigenvalue weighted by Gasteiger charge is -2.08. The lowest BCUT2D eigenvalue weighted by Crippen LogP contribution is -2.00. The SMILES string of the molecule is Oc1ccc(F)cc1CNc1ccc2sccc2c1. The Hall–Kier alpha value is -2.07. The van der Waals surface area contributed by atoms with Gasteiger partial charge in [0.25, 0.3) is 0 Å². The van der Waals surface area contributed by atoms with E-state index < -0.39 is 0 Å². The third-order valence-corrected chi connectivity index (χ3v) is 3.87. The lowest BCUT2D eigenvalue weighted by molar-refractivity contribution is 0.466. The third kappa shape index (κ3) is 2.53. The minimum atomic E-state index is -0.345. The number of aromatic hydroxyl groups is 1. The fourth-order valence-corrected chi connectivity index (χ4v) is 2.74. The van der Waals surface area contributed by atoms with Crippen molar-refractivity contribution < 1.29 is 9.50 Å². The van der Waals surface area contributed by atoms with Gasteiger partial charge >= 0.3 is 0 Å². The number of rotatable bonds is 3. The van der Waals surface area contributed by atoms with Gasteiger partial charge in [0.2, 0.25) is 0 Å². The number of fused-ring (bicyclic) bond motifs is 1. The van der Waals surface area contributed by atoms with Crippen LogP contribution in [0.25, 0.3) is 10.1 Å². The van der Waals surface area contributed by atoms with Crippen molar-refractivity contribution in [2.45, 2.75) is 6.54 Å². The molecule has 1 aromatic heterocycles. The minimum absolute atomic E-state index is 0.102. The molecule has 0 spiro atoms. The van der Waals surface area contributed by atoms with Crippen LogP contribution in [0.3, 0.4) is 0 Å². The number of halogens is 1. The second-order valence-corrected chi connectivity index (χ2v) is 5.25. The number of hydrogen-bond donors (Lipinski definition) is 2. The van der Waals surface area contributed by atoms with E-state index in [4.69, 9.17) is 0 Å². The van der Waals surface area contributed by atoms with Crippen LogP contribution in [0.5, 0.6) is 5.75 Å². The monoisotopic (exact) mass is 273 g/mol. The highest BCUT2D eigenvalue weighted by atomic mass is 32.1. The van der Waals surface area contributed by atoms with Gasteiger partial charge in [-0.25, -0.2) is 4.39 Å². The standard InChI is InChI=1S/C15H12FNOS/c16-12-1-3-14(18)11(7-12)9-17-13-2-4-15-10(8-13)5-6-19-15/h1-8,17-18H,9H2. The van der Waals surface area contributed by atoms with Gasteiger partial charge in [-0.1, -0.05) is 0 Å². The van der Waals surface area contributed by atoms with Gasteiger partial charge in [-0.05, 0) is 53.2 Å². The van der Waals surface area contributed by atoms with Gasteiger partial charge in [0.1, 0.15) is 11.6 Å². The molecule has 2 aromatic carbocycles. The Bertz CT molecular complexity index is 723. The summed E-state index contributed by atoms with van der Waals surface area (Å²) in [6.07, 6.45) is 0. The number of nitrogens with one attached hydrogen (secondary N) is 1. The predicted molar refractivity (Wildman–Crippen MR) is 77.2 cm³/mol. The molecule has 4 heteroatoms. The molecule has 1 heterocycles. The number of phenols is 1. The minimum Gasteiger partial charge on any atom is -0.508 e. The molecule has 0 unspecified atom stereocenters. The predicted octanol–water partition coefficient (Wildman–Crippen LogP) is 4.36. The van der Waals surface area contributed by atoms with Crippen LogP contribution in [-0.4, -0.2) is 5.11 Å². The highest BCUT2D eigenvalue weighted by Crippen LogP contribution is 2.25. The summed E-state index contributed by atoms with van der Waals surface area (Å²) in [6.45, 7) is 0.388. The number of anilines is 1. The molecule has 0 aliphatic carbocycles. The van der Waals surface area contributed by atoms with E-state index in [0.717, 1.165) is 5.69 Å². The fourth-order valence-electron chi connectivity index (χ4n) is 1.97. The summed E-state index contributed by atoms with van der Waals surface area (Å²) in [7, 11) is 0. The summed E-state index contributed by atoms with van der Waals surface area (Å²) in [4.78, 5) is 0. The summed E-state index contributed by atoms with van der Waals surface area (Å²) in [6, 6.07) is 12.1. The molecule has 96 valence electrons. The smallest absolute Gasteiger partial charge is 0.123 e. The summed E-state index contributed by atoms with van der Waals surface area (Å²) < 4.78 is 14.3. The average Bonchev–Trinajstić information content (AvgIpc) is 2.87. The molecule has 19 heavy (non-hydrogen) atoms. The number of hydrogen-bond acceptors (Lipinski definition) is 3. The van der Waals surface area contributed by atoms with E-state index in [1.165, 1.54) is 28.3 Å². The van der Waals surface area contributed by atoms with Crippen molar-refractivity contribution in [2.75, 3.05) is 5.32 Å². The van der Waals surface area contributed by atoms with Crippen molar-refractivity contribution in [3.63, 3.8) is 0 Å². The molecule has 0 amide bonds. The number of thiophene rings is 1. The van der Waals surface area contributed by atoms with Gasteiger partial charge < -0.3 is 10.4 Å². The van der Waals surface area contributed by atoms with Crippen LogP contribution >= 0.6 is 11.3 Å². The van der Waals surface area contributed by atoms with Gasteiger partial charge in [0, 0.05) is 22.5 Å². The Morgan fingerprint density at radius 2 is 2.00 bits per heavy atom. The molecule has 0 radical (unpaired) electrons. The summed E-state index contributed by atoms with van der Waals surface area (Å²) in [5.41, 5.74) is 1.50. The Kier molecular flexibility index (Phi) is 3.09. The van der Waals surface area contributed by atoms with E-state index in [9.17, 15) is 9.50 Å². The molecule has 0 aliphatic rings. The maximum absolute atomic E-state index is 13.1. The first kappa shape index (κ1) is 12.0. The van der Waals surface area contributed by atoms with Crippen LogP contribution in [0.4, 0.5) is 10.1 Å². The van der Waals surface area contributed by atoms with Gasteiger partial charge in [-0.15, -0.1) is 11.3 Å². The molecule has 2 nitrogen and oxygen atoms in total. The zero-order valence-corrected chi connectivity index (χ0v) is 10.9. The fraction of sp³-hybridized carbons (Fsp3) is 0.0667. The molecule has 2 N–H and O–H groups in total. The first-order valence-corrected chi connectivity index (χ1v) is 6.79. The lowest BCUT2D eigenvalue weighted by atomic mass is 10.2. The van der Waals surface area contributed by atoms with Gasteiger partial charge in [-0.2, -0.15) is 0 Å². The van der Waals surface area contributed by atoms with E-state index in [-0.39, 0.29) is 11.6 Å². The maximum Gasteiger partial charge on any atom is 0.123 e. The number of phenolic OH excluding ortho intramolecular Hbond substituents is 1. The molecule has 0 bridgehead atoms. The van der Waals surface area contributed by atoms with Crippen molar-refractivity contribution in [3.8, 4) is 5.75 Å². The molecule has 0 atom stereocenters. The molecular formula is C15H12FNOS. The Morgan fingerprint density at radius 1 is 1.11 bits per heavy atom. The van der Waals surface area contributed by atoms with Crippen LogP contribution < -0.4 is 5.32 Å². The topological polar surface area (TPSA) is 32.3 Å². The zero-order valence-electron chi connectivity index (χ0n) is 10.1. The summed E-state index contributed by atoms with van der Waals surface area (Å²) >= 11 is 1.70. The average molecular weight is 273 g/mol. The van der Waals surface area contributed by atoms with E-state index in [0.29, 0.717) is 12.1 Å². The van der Waals surface area contributed by atoms with Crippen LogP contribution in [0.1, 0.15) is 5.56 Å². The molecule has 0 saturated carbocycles. The van der Waals surface area contributed by atoms with Crippen LogP contribution in [0.15, 0.2) is 47.8 Å². The third-order valence-electron chi connectivity index (χ3n) is 2.98. The molecular weight excluding hydrogens is 261 g/mol. The normalized spacial score (nSPS) is 10.8. The molecule has 0 aliphatic heterocycles. The largest absolute Gasteiger partial charge is 0.508 e. The summed E-state index contributed by atoms with van der Waals surface area (Å²) in [5.74, 6) is -0.242. The van der Waals surface area contributed by atoms with E-state index >= 15 is 0 Å². The summed E-state index contributed by atoms with van der Waals surface area (Å²) in [5, 5.41) is 16.1. The van der Waals surface area contributed by atoms with Crippen molar-refractivity contribution in [2.24, 2.45) is 0 Å². The first-order chi connectivity index (χ1) is 9.22. The van der Waals surface area contributed by atoms with Gasteiger partial charge in [0.05, 0.1) is 0 Å². The second-order valence-electron chi connectivity index (χ2n) is 4.30. The molecule has 0 saturated heterocycles. The maximum atomic E-state index is 13.1. The molecule has 3 rings (SSSR count). The Labute approximate surface area is 114 Å². The van der Waals surface area contributed by atoms with Gasteiger partial charge in [0.15, 0.2) is 0 Å². The second kappa shape index (κ2) is 4.90. The van der Waals surface area contributed by atoms with Crippen LogP contribution in [0, 0.1) is 5.82 Å². The van der Waals surface area contributed by atoms with E-state index in [1.54, 1.807) is 11.3 Å². The van der Waals surface area contributed by atoms with E-state index in [2.05, 4.69) is 11.4 Å². The van der Waals surface area contributed by atoms with Gasteiger partial charge in [-0.3, -0.25) is 0 Å². The van der Waals surface area contributed by atoms with Crippen LogP contribution in [0.2, 0.25) is 0 Å². The number of benzene rings is 2. The first-order valence-electron chi connectivity index (χ1n) is 5.91. The quantitative estimate of drug-likeness (QED) is 0.743. The highest BCUT2D eigenvalue weighted by Gasteiger charge is 2.03. The van der Waals surface area contributed by atoms with Crippen LogP contribution in [-0.2, 0) is 6.54 Å². The molecule has 0 fully saturated rings. The zero-order chi connectivity index (χ0) is 13.2. The van der Waals surface area contributed by atoms with Crippen molar-refractivity contribution in [1.82, 2.24) is 0 Å². The molecule has 3 aromatic rings. The van der Waals surface area contributed by atoms with Crippen molar-refractivity contribution >= 4 is 27.1 Å². The Morgan fingerprint density at radius 3 is 2.89 bits per heavy atom. The van der Waals surface area contributed by atoms with E-state index in [1.807, 2.05) is 23.6 Å². The van der Waals surface area contributed by atoms with Crippen molar-refractivity contribution in [3.05, 3.63) is 59.2 Å². The Balaban J connectivity index is 1.79. The highest BCUT2D eigenvalue weighted by molar-refractivity contribution is 7.17. The van der Waals surface area contributed by atoms with Crippen molar-refractivity contribution in [1.29, 1.82) is 0 Å².